The highest BCUT2D eigenvalue weighted by molar-refractivity contribution is 6.33. The van der Waals surface area contributed by atoms with Crippen LogP contribution in [0.2, 0.25) is 0 Å². The third kappa shape index (κ3) is 6.20. The first-order valence-electron chi connectivity index (χ1n) is 13.9. The van der Waals surface area contributed by atoms with Crippen LogP contribution >= 0.6 is 0 Å². The standard InChI is InChI=1S/C29H26N2O2.C7H7B/c1-19-9-2-4-12-21(19)23-14-7-15-24-25(28(29(32)33)31-27(23)24)16-8-18-30-26-17-6-11-20-10-3-5-13-22(20)26;1-6-4-2-3-5-7(6)8/h2-7,9-15,17,30-31H,8,16,18H2,1H3,(H,32,33);2-5H,1H3. The molecule has 4 nitrogen and oxygen atoms in total. The molecule has 0 spiro atoms. The van der Waals surface area contributed by atoms with Crippen molar-refractivity contribution >= 4 is 46.6 Å². The summed E-state index contributed by atoms with van der Waals surface area (Å²) in [5.41, 5.74) is 8.48. The number of aromatic amines is 1. The quantitative estimate of drug-likeness (QED) is 0.144. The van der Waals surface area contributed by atoms with E-state index >= 15 is 0 Å². The van der Waals surface area contributed by atoms with Crippen molar-refractivity contribution in [3.05, 3.63) is 132 Å². The molecule has 0 aliphatic rings. The van der Waals surface area contributed by atoms with Gasteiger partial charge in [-0.05, 0) is 54.8 Å². The predicted molar refractivity (Wildman–Crippen MR) is 173 cm³/mol. The van der Waals surface area contributed by atoms with Crippen LogP contribution in [-0.2, 0) is 6.42 Å². The number of aromatic carboxylic acids is 1. The first-order chi connectivity index (χ1) is 19.9. The molecule has 3 N–H and O–H groups in total. The zero-order valence-corrected chi connectivity index (χ0v) is 23.4. The molecule has 0 amide bonds. The number of hydrogen-bond donors (Lipinski definition) is 3. The zero-order valence-electron chi connectivity index (χ0n) is 23.4. The fourth-order valence-electron chi connectivity index (χ4n) is 5.27. The van der Waals surface area contributed by atoms with Gasteiger partial charge in [0, 0.05) is 28.6 Å². The lowest BCUT2D eigenvalue weighted by molar-refractivity contribution is 0.0690. The van der Waals surface area contributed by atoms with Crippen molar-refractivity contribution in [3.8, 4) is 11.1 Å². The molecule has 0 atom stereocenters. The third-order valence-electron chi connectivity index (χ3n) is 7.49. The highest BCUT2D eigenvalue weighted by Gasteiger charge is 2.19. The lowest BCUT2D eigenvalue weighted by Crippen LogP contribution is -2.06. The van der Waals surface area contributed by atoms with Crippen molar-refractivity contribution in [1.82, 2.24) is 4.98 Å². The average Bonchev–Trinajstić information content (AvgIpc) is 3.37. The van der Waals surface area contributed by atoms with E-state index in [2.05, 4.69) is 65.8 Å². The van der Waals surface area contributed by atoms with Crippen molar-refractivity contribution in [2.75, 3.05) is 11.9 Å². The number of carboxylic acid groups (broad SMARTS) is 1. The number of rotatable bonds is 7. The Morgan fingerprint density at radius 3 is 2.12 bits per heavy atom. The SMILES string of the molecule is Cc1ccccc1-c1cccc2c(CCCNc3cccc4ccccc34)c(C(=O)O)[nH]c12.[B]c1ccccc1C. The Balaban J connectivity index is 0.000000365. The average molecular weight is 536 g/mol. The summed E-state index contributed by atoms with van der Waals surface area (Å²) in [5.74, 6) is -0.918. The van der Waals surface area contributed by atoms with Gasteiger partial charge in [-0.3, -0.25) is 0 Å². The number of fused-ring (bicyclic) bond motifs is 2. The second-order valence-corrected chi connectivity index (χ2v) is 10.2. The molecule has 0 unspecified atom stereocenters. The molecule has 202 valence electrons. The zero-order chi connectivity index (χ0) is 28.8. The molecule has 2 radical (unpaired) electrons. The molecule has 5 heteroatoms. The number of nitrogens with one attached hydrogen (secondary N) is 2. The molecule has 41 heavy (non-hydrogen) atoms. The van der Waals surface area contributed by atoms with E-state index in [0.29, 0.717) is 6.42 Å². The monoisotopic (exact) mass is 536 g/mol. The minimum atomic E-state index is -0.918. The Morgan fingerprint density at radius 2 is 1.39 bits per heavy atom. The van der Waals surface area contributed by atoms with E-state index in [1.165, 1.54) is 10.8 Å². The van der Waals surface area contributed by atoms with E-state index in [1.54, 1.807) is 0 Å². The number of H-pyrrole nitrogens is 1. The minimum Gasteiger partial charge on any atom is -0.477 e. The van der Waals surface area contributed by atoms with Gasteiger partial charge in [-0.2, -0.15) is 0 Å². The topological polar surface area (TPSA) is 65.1 Å². The lowest BCUT2D eigenvalue weighted by Gasteiger charge is -2.10. The summed E-state index contributed by atoms with van der Waals surface area (Å²) in [7, 11) is 5.52. The molecule has 0 bridgehead atoms. The third-order valence-corrected chi connectivity index (χ3v) is 7.49. The summed E-state index contributed by atoms with van der Waals surface area (Å²) in [6, 6.07) is 36.7. The Morgan fingerprint density at radius 1 is 0.756 bits per heavy atom. The number of para-hydroxylation sites is 1. The number of anilines is 1. The van der Waals surface area contributed by atoms with Gasteiger partial charge in [-0.25, -0.2) is 4.79 Å². The van der Waals surface area contributed by atoms with Crippen LogP contribution in [0.3, 0.4) is 0 Å². The predicted octanol–water partition coefficient (Wildman–Crippen LogP) is 7.83. The second kappa shape index (κ2) is 12.6. The summed E-state index contributed by atoms with van der Waals surface area (Å²) in [5, 5.41) is 16.8. The Bertz CT molecular complexity index is 1800. The number of carboxylic acids is 1. The van der Waals surface area contributed by atoms with Gasteiger partial charge in [0.25, 0.3) is 0 Å². The van der Waals surface area contributed by atoms with Gasteiger partial charge < -0.3 is 15.4 Å². The maximum atomic E-state index is 12.1. The molecular formula is C36H33BN2O2. The van der Waals surface area contributed by atoms with Gasteiger partial charge in [0.05, 0.1) is 5.52 Å². The summed E-state index contributed by atoms with van der Waals surface area (Å²) < 4.78 is 0. The summed E-state index contributed by atoms with van der Waals surface area (Å²) in [6.07, 6.45) is 1.50. The van der Waals surface area contributed by atoms with Crippen LogP contribution in [-0.4, -0.2) is 30.5 Å². The minimum absolute atomic E-state index is 0.288. The molecular weight excluding hydrogens is 503 g/mol. The number of aromatic nitrogens is 1. The molecule has 1 heterocycles. The van der Waals surface area contributed by atoms with Crippen LogP contribution in [0.4, 0.5) is 5.69 Å². The van der Waals surface area contributed by atoms with Gasteiger partial charge in [0.2, 0.25) is 0 Å². The van der Waals surface area contributed by atoms with E-state index in [0.717, 1.165) is 62.8 Å². The van der Waals surface area contributed by atoms with Crippen molar-refractivity contribution in [3.63, 3.8) is 0 Å². The van der Waals surface area contributed by atoms with Crippen molar-refractivity contribution in [1.29, 1.82) is 0 Å². The van der Waals surface area contributed by atoms with Crippen LogP contribution in [0.1, 0.15) is 33.6 Å². The van der Waals surface area contributed by atoms with Crippen molar-refractivity contribution < 1.29 is 9.90 Å². The Hall–Kier alpha value is -4.77. The fraction of sp³-hybridized carbons (Fsp3) is 0.139. The highest BCUT2D eigenvalue weighted by Crippen LogP contribution is 2.34. The smallest absolute Gasteiger partial charge is 0.352 e. The van der Waals surface area contributed by atoms with Crippen LogP contribution in [0, 0.1) is 13.8 Å². The van der Waals surface area contributed by atoms with Crippen LogP contribution < -0.4 is 10.8 Å². The number of carbonyl (C=O) groups is 1. The van der Waals surface area contributed by atoms with Crippen molar-refractivity contribution in [2.24, 2.45) is 0 Å². The van der Waals surface area contributed by atoms with E-state index in [-0.39, 0.29) is 5.69 Å². The van der Waals surface area contributed by atoms with Crippen LogP contribution in [0.5, 0.6) is 0 Å². The first-order valence-corrected chi connectivity index (χ1v) is 13.9. The van der Waals surface area contributed by atoms with Gasteiger partial charge in [-0.15, -0.1) is 0 Å². The molecule has 1 aromatic heterocycles. The Labute approximate surface area is 242 Å². The number of aryl methyl sites for hydroxylation is 3. The van der Waals surface area contributed by atoms with Gasteiger partial charge in [0.15, 0.2) is 0 Å². The number of benzene rings is 5. The fourth-order valence-corrected chi connectivity index (χ4v) is 5.27. The van der Waals surface area contributed by atoms with E-state index in [4.69, 9.17) is 7.85 Å². The molecule has 0 aliphatic carbocycles. The summed E-state index contributed by atoms with van der Waals surface area (Å²) in [4.78, 5) is 15.3. The molecule has 5 aromatic carbocycles. The van der Waals surface area contributed by atoms with Crippen LogP contribution in [0.25, 0.3) is 32.8 Å². The maximum Gasteiger partial charge on any atom is 0.352 e. The molecule has 0 aliphatic heterocycles. The number of hydrogen-bond acceptors (Lipinski definition) is 2. The van der Waals surface area contributed by atoms with E-state index in [9.17, 15) is 9.90 Å². The van der Waals surface area contributed by atoms with E-state index in [1.807, 2.05) is 67.6 Å². The van der Waals surface area contributed by atoms with Crippen LogP contribution in [0.15, 0.2) is 109 Å². The highest BCUT2D eigenvalue weighted by atomic mass is 16.4. The van der Waals surface area contributed by atoms with Gasteiger partial charge in [0.1, 0.15) is 13.5 Å². The molecule has 6 aromatic rings. The lowest BCUT2D eigenvalue weighted by atomic mass is 9.92. The maximum absolute atomic E-state index is 12.1. The van der Waals surface area contributed by atoms with E-state index < -0.39 is 5.97 Å². The van der Waals surface area contributed by atoms with Crippen molar-refractivity contribution in [2.45, 2.75) is 26.7 Å². The summed E-state index contributed by atoms with van der Waals surface area (Å²) in [6.45, 7) is 4.83. The van der Waals surface area contributed by atoms with Gasteiger partial charge in [-0.1, -0.05) is 114 Å². The van der Waals surface area contributed by atoms with Gasteiger partial charge >= 0.3 is 5.97 Å². The largest absolute Gasteiger partial charge is 0.477 e. The summed E-state index contributed by atoms with van der Waals surface area (Å²) >= 11 is 0. The second-order valence-electron chi connectivity index (χ2n) is 10.2. The Kier molecular flexibility index (Phi) is 8.54. The molecule has 0 saturated carbocycles. The first kappa shape index (κ1) is 27.8. The molecule has 0 saturated heterocycles. The molecule has 0 fully saturated rings. The normalized spacial score (nSPS) is 10.8. The molecule has 6 rings (SSSR count).